The zero-order valence-corrected chi connectivity index (χ0v) is 9.80. The van der Waals surface area contributed by atoms with Gasteiger partial charge >= 0.3 is 5.88 Å². The molecule has 1 aliphatic rings. The molecule has 0 aromatic carbocycles. The number of hydrogen-bond donors (Lipinski definition) is 1. The van der Waals surface area contributed by atoms with Gasteiger partial charge in [0.15, 0.2) is 0 Å². The van der Waals surface area contributed by atoms with Crippen LogP contribution in [0.3, 0.4) is 0 Å². The SMILES string of the molecule is O=C(/C=C/c1ccc([N+](=O)[O-])o1)NC1CCCC1. The molecule has 1 aliphatic carbocycles. The predicted octanol–water partition coefficient (Wildman–Crippen LogP) is 2.26. The van der Waals surface area contributed by atoms with Crippen LogP contribution in [0.2, 0.25) is 0 Å². The van der Waals surface area contributed by atoms with Crippen LogP contribution < -0.4 is 5.32 Å². The minimum absolute atomic E-state index is 0.194. The van der Waals surface area contributed by atoms with Crippen LogP contribution in [0.1, 0.15) is 31.4 Å². The molecule has 0 spiro atoms. The van der Waals surface area contributed by atoms with E-state index in [0.717, 1.165) is 25.7 Å². The van der Waals surface area contributed by atoms with Gasteiger partial charge in [-0.2, -0.15) is 0 Å². The number of nitro groups is 1. The predicted molar refractivity (Wildman–Crippen MR) is 64.8 cm³/mol. The van der Waals surface area contributed by atoms with E-state index >= 15 is 0 Å². The molecule has 1 aromatic rings. The average molecular weight is 250 g/mol. The molecule has 0 atom stereocenters. The molecule has 1 fully saturated rings. The third-order valence-corrected chi connectivity index (χ3v) is 2.89. The molecule has 0 saturated heterocycles. The summed E-state index contributed by atoms with van der Waals surface area (Å²) >= 11 is 0. The fourth-order valence-corrected chi connectivity index (χ4v) is 2.01. The Labute approximate surface area is 104 Å². The molecule has 1 aromatic heterocycles. The van der Waals surface area contributed by atoms with Gasteiger partial charge < -0.3 is 9.73 Å². The number of carbonyl (C=O) groups is 1. The zero-order valence-electron chi connectivity index (χ0n) is 9.80. The highest BCUT2D eigenvalue weighted by Crippen LogP contribution is 2.18. The van der Waals surface area contributed by atoms with E-state index in [1.54, 1.807) is 0 Å². The van der Waals surface area contributed by atoms with Gasteiger partial charge in [-0.15, -0.1) is 0 Å². The Morgan fingerprint density at radius 3 is 2.78 bits per heavy atom. The van der Waals surface area contributed by atoms with Crippen LogP contribution in [0.15, 0.2) is 22.6 Å². The van der Waals surface area contributed by atoms with Gasteiger partial charge in [0.2, 0.25) is 5.91 Å². The number of amides is 1. The van der Waals surface area contributed by atoms with E-state index in [-0.39, 0.29) is 17.8 Å². The summed E-state index contributed by atoms with van der Waals surface area (Å²) in [4.78, 5) is 21.3. The summed E-state index contributed by atoms with van der Waals surface area (Å²) in [6.07, 6.45) is 7.11. The summed E-state index contributed by atoms with van der Waals surface area (Å²) in [5.74, 6) is -0.227. The normalized spacial score (nSPS) is 16.2. The highest BCUT2D eigenvalue weighted by Gasteiger charge is 2.16. The minimum atomic E-state index is -0.615. The summed E-state index contributed by atoms with van der Waals surface area (Å²) in [5.41, 5.74) is 0. The lowest BCUT2D eigenvalue weighted by Crippen LogP contribution is -2.30. The van der Waals surface area contributed by atoms with Crippen molar-refractivity contribution in [3.63, 3.8) is 0 Å². The van der Waals surface area contributed by atoms with E-state index in [1.165, 1.54) is 24.3 Å². The number of nitrogens with zero attached hydrogens (tertiary/aromatic N) is 1. The standard InChI is InChI=1S/C12H14N2O4/c15-11(13-9-3-1-2-4-9)7-5-10-6-8-12(18-10)14(16)17/h5-9H,1-4H2,(H,13,15)/b7-5+. The first-order chi connectivity index (χ1) is 8.65. The second-order valence-electron chi connectivity index (χ2n) is 4.26. The van der Waals surface area contributed by atoms with Crippen molar-refractivity contribution in [2.75, 3.05) is 0 Å². The summed E-state index contributed by atoms with van der Waals surface area (Å²) < 4.78 is 4.90. The molecular formula is C12H14N2O4. The number of carbonyl (C=O) groups excluding carboxylic acids is 1. The average Bonchev–Trinajstić information content (AvgIpc) is 2.96. The van der Waals surface area contributed by atoms with Gasteiger partial charge in [0, 0.05) is 12.1 Å². The first-order valence-electron chi connectivity index (χ1n) is 5.88. The van der Waals surface area contributed by atoms with Gasteiger partial charge in [-0.3, -0.25) is 14.9 Å². The Balaban J connectivity index is 1.88. The molecule has 1 heterocycles. The highest BCUT2D eigenvalue weighted by atomic mass is 16.6. The number of furan rings is 1. The van der Waals surface area contributed by atoms with Crippen molar-refractivity contribution in [3.8, 4) is 0 Å². The van der Waals surface area contributed by atoms with Crippen molar-refractivity contribution in [2.45, 2.75) is 31.7 Å². The quantitative estimate of drug-likeness (QED) is 0.504. The summed E-state index contributed by atoms with van der Waals surface area (Å²) in [6, 6.07) is 2.97. The maximum absolute atomic E-state index is 11.5. The second-order valence-corrected chi connectivity index (χ2v) is 4.26. The van der Waals surface area contributed by atoms with E-state index in [4.69, 9.17) is 4.42 Å². The lowest BCUT2D eigenvalue weighted by Gasteiger charge is -2.08. The van der Waals surface area contributed by atoms with E-state index in [0.29, 0.717) is 5.76 Å². The van der Waals surface area contributed by atoms with Gasteiger partial charge in [0.25, 0.3) is 0 Å². The first-order valence-corrected chi connectivity index (χ1v) is 5.88. The third kappa shape index (κ3) is 3.19. The minimum Gasteiger partial charge on any atom is -0.401 e. The van der Waals surface area contributed by atoms with Crippen molar-refractivity contribution in [1.82, 2.24) is 5.32 Å². The molecule has 6 nitrogen and oxygen atoms in total. The molecule has 18 heavy (non-hydrogen) atoms. The second kappa shape index (κ2) is 5.48. The van der Waals surface area contributed by atoms with Crippen LogP contribution in [-0.4, -0.2) is 16.9 Å². The molecule has 0 unspecified atom stereocenters. The van der Waals surface area contributed by atoms with Crippen molar-refractivity contribution >= 4 is 17.9 Å². The molecule has 0 radical (unpaired) electrons. The van der Waals surface area contributed by atoms with Gasteiger partial charge in [0.05, 0.1) is 6.07 Å². The number of rotatable bonds is 4. The number of nitrogens with one attached hydrogen (secondary N) is 1. The van der Waals surface area contributed by atoms with Crippen molar-refractivity contribution in [3.05, 3.63) is 34.1 Å². The molecule has 6 heteroatoms. The first kappa shape index (κ1) is 12.3. The van der Waals surface area contributed by atoms with Crippen LogP contribution in [0.4, 0.5) is 5.88 Å². The third-order valence-electron chi connectivity index (χ3n) is 2.89. The Hall–Kier alpha value is -2.11. The van der Waals surface area contributed by atoms with Crippen molar-refractivity contribution < 1.29 is 14.1 Å². The van der Waals surface area contributed by atoms with Crippen LogP contribution in [0.25, 0.3) is 6.08 Å². The smallest absolute Gasteiger partial charge is 0.401 e. The molecule has 0 aliphatic heterocycles. The van der Waals surface area contributed by atoms with Crippen LogP contribution in [-0.2, 0) is 4.79 Å². The molecule has 0 bridgehead atoms. The monoisotopic (exact) mass is 250 g/mol. The Kier molecular flexibility index (Phi) is 3.76. The summed E-state index contributed by atoms with van der Waals surface area (Å²) in [7, 11) is 0. The molecular weight excluding hydrogens is 236 g/mol. The molecule has 96 valence electrons. The van der Waals surface area contributed by atoms with Crippen LogP contribution in [0.5, 0.6) is 0 Å². The van der Waals surface area contributed by atoms with Crippen molar-refractivity contribution in [2.24, 2.45) is 0 Å². The van der Waals surface area contributed by atoms with Gasteiger partial charge in [-0.1, -0.05) is 12.8 Å². The fourth-order valence-electron chi connectivity index (χ4n) is 2.01. The Bertz CT molecular complexity index is 472. The Morgan fingerprint density at radius 2 is 2.17 bits per heavy atom. The van der Waals surface area contributed by atoms with E-state index in [9.17, 15) is 14.9 Å². The van der Waals surface area contributed by atoms with Crippen molar-refractivity contribution in [1.29, 1.82) is 0 Å². The molecule has 1 saturated carbocycles. The lowest BCUT2D eigenvalue weighted by atomic mass is 10.2. The maximum Gasteiger partial charge on any atom is 0.433 e. The molecule has 2 rings (SSSR count). The maximum atomic E-state index is 11.5. The van der Waals surface area contributed by atoms with E-state index in [2.05, 4.69) is 5.32 Å². The lowest BCUT2D eigenvalue weighted by molar-refractivity contribution is -0.402. The molecule has 1 N–H and O–H groups in total. The van der Waals surface area contributed by atoms with E-state index < -0.39 is 4.92 Å². The van der Waals surface area contributed by atoms with Crippen LogP contribution in [0, 0.1) is 10.1 Å². The summed E-state index contributed by atoms with van der Waals surface area (Å²) in [5, 5.41) is 13.3. The molecule has 1 amide bonds. The van der Waals surface area contributed by atoms with Gasteiger partial charge in [-0.25, -0.2) is 0 Å². The van der Waals surface area contributed by atoms with Gasteiger partial charge in [-0.05, 0) is 25.0 Å². The fraction of sp³-hybridized carbons (Fsp3) is 0.417. The van der Waals surface area contributed by atoms with Crippen LogP contribution >= 0.6 is 0 Å². The van der Waals surface area contributed by atoms with E-state index in [1.807, 2.05) is 0 Å². The largest absolute Gasteiger partial charge is 0.433 e. The summed E-state index contributed by atoms with van der Waals surface area (Å²) in [6.45, 7) is 0. The van der Waals surface area contributed by atoms with Gasteiger partial charge in [0.1, 0.15) is 10.7 Å². The highest BCUT2D eigenvalue weighted by molar-refractivity contribution is 5.91. The Morgan fingerprint density at radius 1 is 1.44 bits per heavy atom. The zero-order chi connectivity index (χ0) is 13.0. The number of hydrogen-bond acceptors (Lipinski definition) is 4. The topological polar surface area (TPSA) is 85.4 Å².